The van der Waals surface area contributed by atoms with E-state index in [1.54, 1.807) is 0 Å². The highest BCUT2D eigenvalue weighted by molar-refractivity contribution is 7.89. The van der Waals surface area contributed by atoms with Crippen LogP contribution in [0.15, 0.2) is 23.1 Å². The summed E-state index contributed by atoms with van der Waals surface area (Å²) in [7, 11) is -2.57. The summed E-state index contributed by atoms with van der Waals surface area (Å²) in [6.45, 7) is -0.161. The minimum absolute atomic E-state index is 0.0561. The molecule has 0 saturated carbocycles. The molecule has 0 fully saturated rings. The Morgan fingerprint density at radius 2 is 2.22 bits per heavy atom. The van der Waals surface area contributed by atoms with Gasteiger partial charge in [-0.2, -0.15) is 4.72 Å². The highest BCUT2D eigenvalue weighted by atomic mass is 32.2. The van der Waals surface area contributed by atoms with Crippen LogP contribution in [0.5, 0.6) is 5.75 Å². The van der Waals surface area contributed by atoms with Gasteiger partial charge in [0, 0.05) is 0 Å². The maximum Gasteiger partial charge on any atom is 0.335 e. The third-order valence-corrected chi connectivity index (χ3v) is 3.51. The SMILES string of the molecule is C#CCNS(=O)(=O)c1ccc(C(=O)O)cc1OC. The topological polar surface area (TPSA) is 92.7 Å². The summed E-state index contributed by atoms with van der Waals surface area (Å²) in [5, 5.41) is 8.79. The van der Waals surface area contributed by atoms with E-state index in [1.807, 2.05) is 0 Å². The number of benzene rings is 1. The first kappa shape index (κ1) is 14.0. The lowest BCUT2D eigenvalue weighted by Gasteiger charge is -2.10. The van der Waals surface area contributed by atoms with Crippen LogP contribution in [0.1, 0.15) is 10.4 Å². The van der Waals surface area contributed by atoms with Gasteiger partial charge in [-0.15, -0.1) is 6.42 Å². The summed E-state index contributed by atoms with van der Waals surface area (Å²) in [5.74, 6) is 0.907. The lowest BCUT2D eigenvalue weighted by molar-refractivity contribution is 0.0696. The zero-order valence-corrected chi connectivity index (χ0v) is 10.3. The van der Waals surface area contributed by atoms with Gasteiger partial charge in [-0.1, -0.05) is 5.92 Å². The van der Waals surface area contributed by atoms with Crippen molar-refractivity contribution in [1.82, 2.24) is 4.72 Å². The van der Waals surface area contributed by atoms with E-state index >= 15 is 0 Å². The number of rotatable bonds is 5. The average Bonchev–Trinajstić information content (AvgIpc) is 2.35. The Morgan fingerprint density at radius 3 is 2.72 bits per heavy atom. The van der Waals surface area contributed by atoms with Crippen LogP contribution < -0.4 is 9.46 Å². The van der Waals surface area contributed by atoms with Crippen molar-refractivity contribution in [2.24, 2.45) is 0 Å². The number of carboxylic acid groups (broad SMARTS) is 1. The molecule has 0 atom stereocenters. The molecule has 0 amide bonds. The molecule has 7 heteroatoms. The largest absolute Gasteiger partial charge is 0.495 e. The molecular weight excluding hydrogens is 258 g/mol. The Bertz CT molecular complexity index is 600. The van der Waals surface area contributed by atoms with Crippen molar-refractivity contribution in [2.75, 3.05) is 13.7 Å². The summed E-state index contributed by atoms with van der Waals surface area (Å²) >= 11 is 0. The molecule has 18 heavy (non-hydrogen) atoms. The number of methoxy groups -OCH3 is 1. The fraction of sp³-hybridized carbons (Fsp3) is 0.182. The summed E-state index contributed by atoms with van der Waals surface area (Å²) in [4.78, 5) is 10.6. The van der Waals surface area contributed by atoms with Crippen molar-refractivity contribution in [2.45, 2.75) is 4.90 Å². The van der Waals surface area contributed by atoms with Gasteiger partial charge in [-0.05, 0) is 18.2 Å². The van der Waals surface area contributed by atoms with E-state index < -0.39 is 16.0 Å². The molecule has 0 unspecified atom stereocenters. The number of hydrogen-bond acceptors (Lipinski definition) is 4. The molecule has 96 valence electrons. The molecule has 6 nitrogen and oxygen atoms in total. The van der Waals surface area contributed by atoms with Gasteiger partial charge in [0.15, 0.2) is 0 Å². The van der Waals surface area contributed by atoms with E-state index in [0.29, 0.717) is 0 Å². The van der Waals surface area contributed by atoms with Gasteiger partial charge in [0.25, 0.3) is 0 Å². The first-order chi connectivity index (χ1) is 8.42. The molecule has 1 rings (SSSR count). The zero-order valence-electron chi connectivity index (χ0n) is 9.50. The highest BCUT2D eigenvalue weighted by Gasteiger charge is 2.20. The van der Waals surface area contributed by atoms with Crippen molar-refractivity contribution in [3.05, 3.63) is 23.8 Å². The summed E-state index contributed by atoms with van der Waals surface area (Å²) < 4.78 is 30.7. The fourth-order valence-corrected chi connectivity index (χ4v) is 2.32. The molecule has 0 radical (unpaired) electrons. The summed E-state index contributed by atoms with van der Waals surface area (Å²) in [5.41, 5.74) is -0.0669. The first-order valence-electron chi connectivity index (χ1n) is 4.77. The molecule has 1 aromatic carbocycles. The normalized spacial score (nSPS) is 10.7. The molecule has 0 aliphatic heterocycles. The van der Waals surface area contributed by atoms with Crippen LogP contribution in [-0.2, 0) is 10.0 Å². The molecule has 0 aromatic heterocycles. The molecule has 0 saturated heterocycles. The monoisotopic (exact) mass is 269 g/mol. The second kappa shape index (κ2) is 5.53. The minimum Gasteiger partial charge on any atom is -0.495 e. The fourth-order valence-electron chi connectivity index (χ4n) is 1.24. The number of hydrogen-bond donors (Lipinski definition) is 2. The van der Waals surface area contributed by atoms with E-state index in [1.165, 1.54) is 13.2 Å². The van der Waals surface area contributed by atoms with Crippen LogP contribution in [0.25, 0.3) is 0 Å². The third-order valence-electron chi connectivity index (χ3n) is 2.06. The van der Waals surface area contributed by atoms with Gasteiger partial charge in [-0.25, -0.2) is 13.2 Å². The lowest BCUT2D eigenvalue weighted by atomic mass is 10.2. The minimum atomic E-state index is -3.82. The Balaban J connectivity index is 3.26. The second-order valence-corrected chi connectivity index (χ2v) is 4.93. The van der Waals surface area contributed by atoms with Gasteiger partial charge < -0.3 is 9.84 Å². The van der Waals surface area contributed by atoms with E-state index in [9.17, 15) is 13.2 Å². The maximum atomic E-state index is 11.8. The molecule has 2 N–H and O–H groups in total. The van der Waals surface area contributed by atoms with Crippen LogP contribution in [0.4, 0.5) is 0 Å². The van der Waals surface area contributed by atoms with E-state index in [-0.39, 0.29) is 22.8 Å². The quantitative estimate of drug-likeness (QED) is 0.750. The number of carbonyl (C=O) groups is 1. The van der Waals surface area contributed by atoms with Gasteiger partial charge in [0.1, 0.15) is 10.6 Å². The standard InChI is InChI=1S/C11H11NO5S/c1-3-6-12-18(15,16)10-5-4-8(11(13)14)7-9(10)17-2/h1,4-5,7,12H,6H2,2H3,(H,13,14). The van der Waals surface area contributed by atoms with Crippen molar-refractivity contribution in [3.63, 3.8) is 0 Å². The Labute approximate surface area is 105 Å². The van der Waals surface area contributed by atoms with Gasteiger partial charge in [0.2, 0.25) is 10.0 Å². The number of aromatic carboxylic acids is 1. The zero-order chi connectivity index (χ0) is 13.8. The molecule has 0 bridgehead atoms. The number of nitrogens with one attached hydrogen (secondary N) is 1. The predicted molar refractivity (Wildman–Crippen MR) is 64.0 cm³/mol. The van der Waals surface area contributed by atoms with Gasteiger partial charge in [0.05, 0.1) is 19.2 Å². The van der Waals surface area contributed by atoms with Crippen LogP contribution in [0, 0.1) is 12.3 Å². The number of terminal acetylenes is 1. The van der Waals surface area contributed by atoms with Crippen LogP contribution in [0.3, 0.4) is 0 Å². The highest BCUT2D eigenvalue weighted by Crippen LogP contribution is 2.24. The Morgan fingerprint density at radius 1 is 1.56 bits per heavy atom. The Kier molecular flexibility index (Phi) is 4.31. The van der Waals surface area contributed by atoms with Gasteiger partial charge >= 0.3 is 5.97 Å². The third kappa shape index (κ3) is 3.00. The number of carboxylic acids is 1. The maximum absolute atomic E-state index is 11.8. The Hall–Kier alpha value is -2.04. The van der Waals surface area contributed by atoms with Gasteiger partial charge in [-0.3, -0.25) is 0 Å². The molecule has 1 aromatic rings. The van der Waals surface area contributed by atoms with Crippen molar-refractivity contribution < 1.29 is 23.1 Å². The molecule has 0 spiro atoms. The van der Waals surface area contributed by atoms with Crippen LogP contribution in [0.2, 0.25) is 0 Å². The number of sulfonamides is 1. The molecule has 0 aliphatic rings. The summed E-state index contributed by atoms with van der Waals surface area (Å²) in [6, 6.07) is 3.46. The summed E-state index contributed by atoms with van der Waals surface area (Å²) in [6.07, 6.45) is 4.96. The van der Waals surface area contributed by atoms with E-state index in [2.05, 4.69) is 10.6 Å². The first-order valence-corrected chi connectivity index (χ1v) is 6.25. The number of ether oxygens (including phenoxy) is 1. The van der Waals surface area contributed by atoms with E-state index in [0.717, 1.165) is 12.1 Å². The van der Waals surface area contributed by atoms with E-state index in [4.69, 9.17) is 16.3 Å². The average molecular weight is 269 g/mol. The van der Waals surface area contributed by atoms with Crippen molar-refractivity contribution >= 4 is 16.0 Å². The smallest absolute Gasteiger partial charge is 0.335 e. The van der Waals surface area contributed by atoms with Crippen molar-refractivity contribution in [1.29, 1.82) is 0 Å². The second-order valence-electron chi connectivity index (χ2n) is 3.20. The predicted octanol–water partition coefficient (Wildman–Crippen LogP) is 0.305. The molecule has 0 heterocycles. The molecular formula is C11H11NO5S. The van der Waals surface area contributed by atoms with Crippen LogP contribution in [-0.4, -0.2) is 33.1 Å². The van der Waals surface area contributed by atoms with Crippen LogP contribution >= 0.6 is 0 Å². The van der Waals surface area contributed by atoms with Crippen molar-refractivity contribution in [3.8, 4) is 18.1 Å². The lowest BCUT2D eigenvalue weighted by Crippen LogP contribution is -2.24. The molecule has 0 aliphatic carbocycles.